The molecule has 0 unspecified atom stereocenters. The van der Waals surface area contributed by atoms with E-state index in [1.165, 1.54) is 0 Å². The van der Waals surface area contributed by atoms with Crippen LogP contribution in [0.1, 0.15) is 18.1 Å². The fourth-order valence-electron chi connectivity index (χ4n) is 1.82. The van der Waals surface area contributed by atoms with Crippen LogP contribution in [-0.4, -0.2) is 9.60 Å². The number of oxime groups is 1. The Morgan fingerprint density at radius 1 is 1.31 bits per heavy atom. The molecule has 1 atom stereocenters. The molecular formula is C12H9BrN2O. The van der Waals surface area contributed by atoms with Crippen LogP contribution >= 0.6 is 15.9 Å². The first-order chi connectivity index (χ1) is 7.83. The van der Waals surface area contributed by atoms with Gasteiger partial charge in [-0.3, -0.25) is 4.98 Å². The standard InChI is InChI=1S/C12H9BrN2O/c13-12-7-11(16-15-12)9-3-4-10-8(6-9)2-1-5-14-10/h1-6,11H,7H2/t11-/m0/s1. The van der Waals surface area contributed by atoms with E-state index in [9.17, 15) is 0 Å². The van der Waals surface area contributed by atoms with Crippen molar-refractivity contribution in [2.24, 2.45) is 5.16 Å². The zero-order valence-corrected chi connectivity index (χ0v) is 10.0. The van der Waals surface area contributed by atoms with E-state index in [1.807, 2.05) is 18.2 Å². The van der Waals surface area contributed by atoms with Crippen molar-refractivity contribution in [2.45, 2.75) is 12.5 Å². The van der Waals surface area contributed by atoms with Gasteiger partial charge in [0.25, 0.3) is 0 Å². The Morgan fingerprint density at radius 3 is 3.06 bits per heavy atom. The highest BCUT2D eigenvalue weighted by molar-refractivity contribution is 9.18. The summed E-state index contributed by atoms with van der Waals surface area (Å²) in [5.74, 6) is 0. The molecule has 0 saturated heterocycles. The van der Waals surface area contributed by atoms with Crippen molar-refractivity contribution in [1.82, 2.24) is 4.98 Å². The van der Waals surface area contributed by atoms with Crippen molar-refractivity contribution < 1.29 is 4.84 Å². The Bertz CT molecular complexity index is 568. The summed E-state index contributed by atoms with van der Waals surface area (Å²) < 4.78 is 0.865. The highest BCUT2D eigenvalue weighted by Crippen LogP contribution is 2.30. The van der Waals surface area contributed by atoms with Gasteiger partial charge >= 0.3 is 0 Å². The SMILES string of the molecule is BrC1=NO[C@H](c2ccc3ncccc3c2)C1. The van der Waals surface area contributed by atoms with Gasteiger partial charge in [0, 0.05) is 18.0 Å². The lowest BCUT2D eigenvalue weighted by molar-refractivity contribution is 0.0859. The van der Waals surface area contributed by atoms with E-state index in [1.54, 1.807) is 6.20 Å². The number of hydrogen-bond donors (Lipinski definition) is 0. The first kappa shape index (κ1) is 9.78. The third-order valence-corrected chi connectivity index (χ3v) is 3.10. The second kappa shape index (κ2) is 3.87. The molecule has 0 spiro atoms. The number of hydrogen-bond acceptors (Lipinski definition) is 3. The number of benzene rings is 1. The average Bonchev–Trinajstić information content (AvgIpc) is 2.75. The van der Waals surface area contributed by atoms with E-state index in [2.05, 4.69) is 38.2 Å². The van der Waals surface area contributed by atoms with Crippen molar-refractivity contribution >= 4 is 31.5 Å². The highest BCUT2D eigenvalue weighted by atomic mass is 79.9. The van der Waals surface area contributed by atoms with Gasteiger partial charge in [-0.1, -0.05) is 17.3 Å². The summed E-state index contributed by atoms with van der Waals surface area (Å²) in [6, 6.07) is 10.2. The fraction of sp³-hybridized carbons (Fsp3) is 0.167. The van der Waals surface area contributed by atoms with Gasteiger partial charge in [0.15, 0.2) is 6.10 Å². The third-order valence-electron chi connectivity index (χ3n) is 2.63. The van der Waals surface area contributed by atoms with Crippen molar-refractivity contribution in [3.63, 3.8) is 0 Å². The molecule has 0 saturated carbocycles. The van der Waals surface area contributed by atoms with Gasteiger partial charge in [-0.25, -0.2) is 0 Å². The molecule has 4 heteroatoms. The van der Waals surface area contributed by atoms with E-state index in [-0.39, 0.29) is 6.10 Å². The summed E-state index contributed by atoms with van der Waals surface area (Å²) in [4.78, 5) is 9.61. The monoisotopic (exact) mass is 276 g/mol. The number of nitrogens with zero attached hydrogens (tertiary/aromatic N) is 2. The maximum atomic E-state index is 5.32. The van der Waals surface area contributed by atoms with Crippen LogP contribution in [-0.2, 0) is 4.84 Å². The molecule has 0 aliphatic carbocycles. The number of halogens is 1. The van der Waals surface area contributed by atoms with E-state index in [0.717, 1.165) is 27.5 Å². The molecule has 3 rings (SSSR count). The summed E-state index contributed by atoms with van der Waals surface area (Å²) in [7, 11) is 0. The van der Waals surface area contributed by atoms with Crippen molar-refractivity contribution in [1.29, 1.82) is 0 Å². The van der Waals surface area contributed by atoms with Crippen LogP contribution in [0.25, 0.3) is 10.9 Å². The van der Waals surface area contributed by atoms with Crippen LogP contribution in [0.15, 0.2) is 41.7 Å². The Kier molecular flexibility index (Phi) is 2.36. The number of rotatable bonds is 1. The lowest BCUT2D eigenvalue weighted by Crippen LogP contribution is -1.96. The Morgan fingerprint density at radius 2 is 2.25 bits per heavy atom. The summed E-state index contributed by atoms with van der Waals surface area (Å²) in [5.41, 5.74) is 2.14. The van der Waals surface area contributed by atoms with Crippen molar-refractivity contribution in [3.05, 3.63) is 42.1 Å². The van der Waals surface area contributed by atoms with E-state index >= 15 is 0 Å². The smallest absolute Gasteiger partial charge is 0.158 e. The summed E-state index contributed by atoms with van der Waals surface area (Å²) in [5, 5.41) is 5.02. The first-order valence-electron chi connectivity index (χ1n) is 5.06. The van der Waals surface area contributed by atoms with Crippen LogP contribution in [0.3, 0.4) is 0 Å². The quantitative estimate of drug-likeness (QED) is 0.800. The maximum Gasteiger partial charge on any atom is 0.158 e. The molecule has 1 aliphatic heterocycles. The predicted molar refractivity (Wildman–Crippen MR) is 66.5 cm³/mol. The molecule has 16 heavy (non-hydrogen) atoms. The molecule has 1 aromatic carbocycles. The minimum atomic E-state index is 0.0268. The van der Waals surface area contributed by atoms with Crippen LogP contribution in [0.5, 0.6) is 0 Å². The van der Waals surface area contributed by atoms with E-state index in [4.69, 9.17) is 4.84 Å². The molecule has 2 heterocycles. The summed E-state index contributed by atoms with van der Waals surface area (Å²) >= 11 is 3.34. The Balaban J connectivity index is 1.99. The number of fused-ring (bicyclic) bond motifs is 1. The Labute approximate surface area is 101 Å². The number of pyridine rings is 1. The van der Waals surface area contributed by atoms with Crippen molar-refractivity contribution in [3.8, 4) is 0 Å². The Hall–Kier alpha value is -1.42. The molecule has 2 aromatic rings. The lowest BCUT2D eigenvalue weighted by atomic mass is 10.0. The van der Waals surface area contributed by atoms with Gasteiger partial charge in [-0.15, -0.1) is 0 Å². The van der Waals surface area contributed by atoms with Gasteiger partial charge < -0.3 is 4.84 Å². The van der Waals surface area contributed by atoms with Gasteiger partial charge in [-0.2, -0.15) is 0 Å². The molecule has 1 aromatic heterocycles. The third kappa shape index (κ3) is 1.69. The van der Waals surface area contributed by atoms with Crippen LogP contribution in [0.2, 0.25) is 0 Å². The van der Waals surface area contributed by atoms with Gasteiger partial charge in [-0.05, 0) is 39.7 Å². The molecule has 1 aliphatic rings. The predicted octanol–water partition coefficient (Wildman–Crippen LogP) is 3.40. The maximum absolute atomic E-state index is 5.32. The minimum absolute atomic E-state index is 0.0268. The normalized spacial score (nSPS) is 19.6. The summed E-state index contributed by atoms with van der Waals surface area (Å²) in [6.45, 7) is 0. The van der Waals surface area contributed by atoms with E-state index in [0.29, 0.717) is 0 Å². The highest BCUT2D eigenvalue weighted by Gasteiger charge is 2.21. The van der Waals surface area contributed by atoms with E-state index < -0.39 is 0 Å². The molecule has 0 amide bonds. The lowest BCUT2D eigenvalue weighted by Gasteiger charge is -2.08. The first-order valence-corrected chi connectivity index (χ1v) is 5.85. The van der Waals surface area contributed by atoms with Gasteiger partial charge in [0.05, 0.1) is 5.52 Å². The van der Waals surface area contributed by atoms with Crippen LogP contribution in [0, 0.1) is 0 Å². The topological polar surface area (TPSA) is 34.5 Å². The van der Waals surface area contributed by atoms with Gasteiger partial charge in [0.2, 0.25) is 0 Å². The average molecular weight is 277 g/mol. The van der Waals surface area contributed by atoms with Crippen LogP contribution in [0.4, 0.5) is 0 Å². The van der Waals surface area contributed by atoms with Crippen molar-refractivity contribution in [2.75, 3.05) is 0 Å². The second-order valence-corrected chi connectivity index (χ2v) is 4.64. The molecule has 0 radical (unpaired) electrons. The largest absolute Gasteiger partial charge is 0.386 e. The molecule has 80 valence electrons. The zero-order valence-electron chi connectivity index (χ0n) is 8.43. The molecule has 3 nitrogen and oxygen atoms in total. The minimum Gasteiger partial charge on any atom is -0.386 e. The summed E-state index contributed by atoms with van der Waals surface area (Å²) in [6.07, 6.45) is 2.62. The zero-order chi connectivity index (χ0) is 11.0. The molecule has 0 fully saturated rings. The second-order valence-electron chi connectivity index (χ2n) is 3.72. The van der Waals surface area contributed by atoms with Crippen LogP contribution < -0.4 is 0 Å². The fourth-order valence-corrected chi connectivity index (χ4v) is 2.20. The molecule has 0 N–H and O–H groups in total. The van der Waals surface area contributed by atoms with Gasteiger partial charge in [0.1, 0.15) is 4.62 Å². The molecule has 0 bridgehead atoms. The molecular weight excluding hydrogens is 268 g/mol. The number of aromatic nitrogens is 1.